The summed E-state index contributed by atoms with van der Waals surface area (Å²) in [7, 11) is 0. The molecule has 0 radical (unpaired) electrons. The van der Waals surface area contributed by atoms with Crippen LogP contribution in [0.4, 0.5) is 5.69 Å². The second kappa shape index (κ2) is 9.72. The Kier molecular flexibility index (Phi) is 6.57. The van der Waals surface area contributed by atoms with Gasteiger partial charge in [0, 0.05) is 22.7 Å². The molecule has 1 aromatic heterocycles. The van der Waals surface area contributed by atoms with Crippen molar-refractivity contribution in [1.82, 2.24) is 15.7 Å². The lowest BCUT2D eigenvalue weighted by molar-refractivity contribution is -0.130. The van der Waals surface area contributed by atoms with E-state index in [9.17, 15) is 14.4 Å². The lowest BCUT2D eigenvalue weighted by Gasteiger charge is -2.30. The van der Waals surface area contributed by atoms with Gasteiger partial charge in [-0.25, -0.2) is 10.4 Å². The van der Waals surface area contributed by atoms with Gasteiger partial charge in [0.1, 0.15) is 0 Å². The molecule has 1 saturated heterocycles. The van der Waals surface area contributed by atoms with Crippen LogP contribution >= 0.6 is 23.8 Å². The third kappa shape index (κ3) is 5.13. The maximum atomic E-state index is 12.8. The van der Waals surface area contributed by atoms with Crippen molar-refractivity contribution >= 4 is 69.5 Å². The van der Waals surface area contributed by atoms with Crippen LogP contribution in [-0.2, 0) is 14.4 Å². The maximum absolute atomic E-state index is 12.8. The van der Waals surface area contributed by atoms with Gasteiger partial charge >= 0.3 is 0 Å². The summed E-state index contributed by atoms with van der Waals surface area (Å²) in [5, 5.41) is 7.55. The first-order chi connectivity index (χ1) is 15.9. The average Bonchev–Trinajstić information content (AvgIpc) is 2.80. The molecule has 0 unspecified atom stereocenters. The number of amides is 3. The zero-order chi connectivity index (χ0) is 23.4. The fraction of sp³-hybridized carbons (Fsp3) is 0.0909. The summed E-state index contributed by atoms with van der Waals surface area (Å²) < 4.78 is 5.38. The number of nitrogens with one attached hydrogen (secondary N) is 2. The van der Waals surface area contributed by atoms with E-state index in [1.165, 1.54) is 4.90 Å². The second-order valence-electron chi connectivity index (χ2n) is 6.87. The minimum Gasteiger partial charge on any atom is -0.467 e. The van der Waals surface area contributed by atoms with Gasteiger partial charge in [-0.3, -0.25) is 19.3 Å². The van der Waals surface area contributed by atoms with Crippen LogP contribution in [0.15, 0.2) is 65.8 Å². The van der Waals surface area contributed by atoms with Gasteiger partial charge in [0.25, 0.3) is 11.8 Å². The monoisotopic (exact) mass is 481 g/mol. The number of aromatic nitrogens is 1. The number of carbonyl (C=O) groups is 3. The van der Waals surface area contributed by atoms with Crippen LogP contribution in [0.5, 0.6) is 5.88 Å². The first-order valence-corrected chi connectivity index (χ1v) is 10.5. The van der Waals surface area contributed by atoms with Gasteiger partial charge in [-0.15, -0.1) is 0 Å². The molecule has 1 aliphatic rings. The molecule has 3 amide bonds. The Morgan fingerprint density at radius 3 is 2.73 bits per heavy atom. The molecule has 0 spiro atoms. The largest absolute Gasteiger partial charge is 0.467 e. The highest BCUT2D eigenvalue weighted by Gasteiger charge is 2.38. The first kappa shape index (κ1) is 22.3. The number of thiocarbonyl (C=S) groups is 1. The Morgan fingerprint density at radius 2 is 1.94 bits per heavy atom. The van der Waals surface area contributed by atoms with Crippen molar-refractivity contribution in [2.24, 2.45) is 11.0 Å². The smallest absolute Gasteiger partial charge is 0.278 e. The summed E-state index contributed by atoms with van der Waals surface area (Å²) in [6.07, 6.45) is 1.04. The Balaban J connectivity index is 1.36. The highest BCUT2D eigenvalue weighted by molar-refractivity contribution is 7.80. The number of fused-ring (bicyclic) bond motifs is 1. The molecule has 33 heavy (non-hydrogen) atoms. The molecule has 1 aliphatic heterocycles. The van der Waals surface area contributed by atoms with Gasteiger partial charge in [-0.2, -0.15) is 5.10 Å². The van der Waals surface area contributed by atoms with Crippen molar-refractivity contribution < 1.29 is 19.1 Å². The fourth-order valence-electron chi connectivity index (χ4n) is 3.04. The molecule has 0 bridgehead atoms. The van der Waals surface area contributed by atoms with E-state index in [1.807, 2.05) is 30.3 Å². The predicted octanol–water partition coefficient (Wildman–Crippen LogP) is 2.43. The summed E-state index contributed by atoms with van der Waals surface area (Å²) in [5.74, 6) is -2.85. The van der Waals surface area contributed by atoms with Crippen molar-refractivity contribution in [1.29, 1.82) is 0 Å². The topological polar surface area (TPSA) is 113 Å². The van der Waals surface area contributed by atoms with Crippen LogP contribution in [0.1, 0.15) is 0 Å². The van der Waals surface area contributed by atoms with E-state index in [4.69, 9.17) is 28.6 Å². The lowest BCUT2D eigenvalue weighted by Crippen LogP contribution is -2.58. The number of para-hydroxylation sites is 1. The third-order valence-electron chi connectivity index (χ3n) is 4.62. The standard InChI is InChI=1S/C22H16ClN5O4S/c23-14-6-8-15(9-7-14)28-21(31)16(20(30)26-22(28)33)11-24-27-18(29)12-32-19-10-5-13-3-1-2-4-17(13)25-19/h1-11,16H,12H2,(H,27,29)(H,26,30,33)/b24-11-/t16-/m0/s1. The SMILES string of the molecule is O=C(COc1ccc2ccccc2n1)N/N=C\[C@H]1C(=O)NC(=S)N(c2ccc(Cl)cc2)C1=O. The molecule has 166 valence electrons. The zero-order valence-corrected chi connectivity index (χ0v) is 18.5. The highest BCUT2D eigenvalue weighted by Crippen LogP contribution is 2.22. The zero-order valence-electron chi connectivity index (χ0n) is 16.9. The molecule has 11 heteroatoms. The summed E-state index contributed by atoms with van der Waals surface area (Å²) in [6, 6.07) is 17.4. The van der Waals surface area contributed by atoms with E-state index in [1.54, 1.807) is 30.3 Å². The molecule has 3 aromatic rings. The van der Waals surface area contributed by atoms with Crippen molar-refractivity contribution in [3.63, 3.8) is 0 Å². The fourth-order valence-corrected chi connectivity index (χ4v) is 3.46. The second-order valence-corrected chi connectivity index (χ2v) is 7.69. The van der Waals surface area contributed by atoms with Gasteiger partial charge in [0.2, 0.25) is 11.8 Å². The quantitative estimate of drug-likeness (QED) is 0.242. The minimum atomic E-state index is -1.28. The first-order valence-electron chi connectivity index (χ1n) is 9.67. The number of pyridine rings is 1. The van der Waals surface area contributed by atoms with Crippen LogP contribution in [0.25, 0.3) is 10.9 Å². The third-order valence-corrected chi connectivity index (χ3v) is 5.16. The number of nitrogens with zero attached hydrogens (tertiary/aromatic N) is 3. The van der Waals surface area contributed by atoms with Crippen LogP contribution in [0.3, 0.4) is 0 Å². The minimum absolute atomic E-state index is 0.0581. The van der Waals surface area contributed by atoms with Crippen molar-refractivity contribution in [3.05, 3.63) is 65.7 Å². The van der Waals surface area contributed by atoms with Crippen LogP contribution in [0, 0.1) is 5.92 Å². The number of carbonyl (C=O) groups excluding carboxylic acids is 3. The van der Waals surface area contributed by atoms with E-state index in [2.05, 4.69) is 20.8 Å². The predicted molar refractivity (Wildman–Crippen MR) is 127 cm³/mol. The number of hydrogen-bond acceptors (Lipinski definition) is 7. The number of anilines is 1. The number of hydrogen-bond donors (Lipinski definition) is 2. The molecular formula is C22H16ClN5O4S. The molecule has 0 saturated carbocycles. The summed E-state index contributed by atoms with van der Waals surface area (Å²) in [6.45, 7) is -0.353. The van der Waals surface area contributed by atoms with Gasteiger partial charge in [0.05, 0.1) is 11.2 Å². The van der Waals surface area contributed by atoms with E-state index in [0.29, 0.717) is 10.7 Å². The average molecular weight is 482 g/mol. The van der Waals surface area contributed by atoms with Crippen LogP contribution < -0.4 is 20.4 Å². The molecular weight excluding hydrogens is 466 g/mol. The lowest BCUT2D eigenvalue weighted by atomic mass is 10.1. The van der Waals surface area contributed by atoms with E-state index < -0.39 is 23.6 Å². The molecule has 2 aromatic carbocycles. The molecule has 1 fully saturated rings. The normalized spacial score (nSPS) is 16.2. The van der Waals surface area contributed by atoms with E-state index in [-0.39, 0.29) is 17.6 Å². The highest BCUT2D eigenvalue weighted by atomic mass is 35.5. The number of ether oxygens (including phenoxy) is 1. The Bertz CT molecular complexity index is 1280. The van der Waals surface area contributed by atoms with E-state index >= 15 is 0 Å². The summed E-state index contributed by atoms with van der Waals surface area (Å²) in [4.78, 5) is 42.6. The van der Waals surface area contributed by atoms with Crippen molar-refractivity contribution in [2.75, 3.05) is 11.5 Å². The van der Waals surface area contributed by atoms with Gasteiger partial charge in [0.15, 0.2) is 17.6 Å². The maximum Gasteiger partial charge on any atom is 0.278 e. The van der Waals surface area contributed by atoms with Crippen LogP contribution in [-0.4, -0.2) is 40.6 Å². The van der Waals surface area contributed by atoms with Gasteiger partial charge < -0.3 is 10.1 Å². The van der Waals surface area contributed by atoms with Crippen LogP contribution in [0.2, 0.25) is 5.02 Å². The number of benzene rings is 2. The Labute approximate surface area is 198 Å². The molecule has 2 heterocycles. The van der Waals surface area contributed by atoms with E-state index in [0.717, 1.165) is 17.1 Å². The van der Waals surface area contributed by atoms with Crippen molar-refractivity contribution in [3.8, 4) is 5.88 Å². The van der Waals surface area contributed by atoms with Crippen molar-refractivity contribution in [2.45, 2.75) is 0 Å². The molecule has 4 rings (SSSR count). The number of halogens is 1. The molecule has 2 N–H and O–H groups in total. The molecule has 9 nitrogen and oxygen atoms in total. The van der Waals surface area contributed by atoms with Gasteiger partial charge in [-0.1, -0.05) is 29.8 Å². The molecule has 1 atom stereocenters. The Morgan fingerprint density at radius 1 is 1.18 bits per heavy atom. The number of rotatable bonds is 6. The summed E-state index contributed by atoms with van der Waals surface area (Å²) in [5.41, 5.74) is 3.40. The Hall–Kier alpha value is -3.89. The summed E-state index contributed by atoms with van der Waals surface area (Å²) >= 11 is 11.0. The van der Waals surface area contributed by atoms with Gasteiger partial charge in [-0.05, 0) is 48.6 Å². The molecule has 0 aliphatic carbocycles. The number of hydrazone groups is 1.